The van der Waals surface area contributed by atoms with Crippen LogP contribution in [0, 0.1) is 0 Å². The van der Waals surface area contributed by atoms with Gasteiger partial charge in [0.15, 0.2) is 0 Å². The van der Waals surface area contributed by atoms with Crippen molar-refractivity contribution in [1.29, 1.82) is 0 Å². The summed E-state index contributed by atoms with van der Waals surface area (Å²) < 4.78 is 6.95. The molecule has 0 aliphatic heterocycles. The smallest absolute Gasteiger partial charge is 0.316 e. The van der Waals surface area contributed by atoms with E-state index in [1.807, 2.05) is 35.0 Å². The number of aliphatic hydroxyl groups is 1. The van der Waals surface area contributed by atoms with Crippen LogP contribution >= 0.6 is 0 Å². The van der Waals surface area contributed by atoms with E-state index < -0.39 is 5.91 Å². The van der Waals surface area contributed by atoms with Crippen molar-refractivity contribution >= 4 is 5.91 Å². The molecule has 3 rings (SSSR count). The Balaban J connectivity index is 1.65. The van der Waals surface area contributed by atoms with E-state index >= 15 is 0 Å². The molecule has 8 nitrogen and oxygen atoms in total. The number of hydrogen-bond donors (Lipinski definition) is 2. The number of rotatable bonds is 7. The van der Waals surface area contributed by atoms with Crippen molar-refractivity contribution in [3.63, 3.8) is 0 Å². The van der Waals surface area contributed by atoms with Crippen LogP contribution in [0.2, 0.25) is 0 Å². The third-order valence-corrected chi connectivity index (χ3v) is 3.38. The molecule has 0 unspecified atom stereocenters. The molecule has 0 saturated carbocycles. The molecule has 0 bridgehead atoms. The highest BCUT2D eigenvalue weighted by Gasteiger charge is 2.15. The minimum Gasteiger partial charge on any atom is -0.396 e. The van der Waals surface area contributed by atoms with Crippen molar-refractivity contribution < 1.29 is 14.4 Å². The molecule has 2 N–H and O–H groups in total. The lowest BCUT2D eigenvalue weighted by molar-refractivity contribution is 0.0907. The molecule has 2 heterocycles. The van der Waals surface area contributed by atoms with E-state index in [4.69, 9.17) is 9.63 Å². The molecule has 0 saturated heterocycles. The summed E-state index contributed by atoms with van der Waals surface area (Å²) in [5.41, 5.74) is 1.88. The van der Waals surface area contributed by atoms with Crippen LogP contribution in [-0.2, 0) is 6.54 Å². The predicted molar refractivity (Wildman–Crippen MR) is 85.1 cm³/mol. The third kappa shape index (κ3) is 3.85. The first-order valence-corrected chi connectivity index (χ1v) is 7.54. The van der Waals surface area contributed by atoms with E-state index in [1.165, 1.54) is 0 Å². The first kappa shape index (κ1) is 15.9. The molecule has 8 heteroatoms. The Morgan fingerprint density at radius 1 is 1.29 bits per heavy atom. The number of imidazole rings is 1. The predicted octanol–water partition coefficient (Wildman–Crippen LogP) is 1.09. The van der Waals surface area contributed by atoms with E-state index in [1.54, 1.807) is 12.5 Å². The van der Waals surface area contributed by atoms with Crippen molar-refractivity contribution in [2.75, 3.05) is 13.2 Å². The third-order valence-electron chi connectivity index (χ3n) is 3.38. The molecular weight excluding hydrogens is 310 g/mol. The molecule has 124 valence electrons. The summed E-state index contributed by atoms with van der Waals surface area (Å²) in [6.07, 6.45) is 5.87. The lowest BCUT2D eigenvalue weighted by Crippen LogP contribution is -2.25. The van der Waals surface area contributed by atoms with Gasteiger partial charge in [-0.15, -0.1) is 0 Å². The molecule has 24 heavy (non-hydrogen) atoms. The van der Waals surface area contributed by atoms with Gasteiger partial charge in [-0.05, 0) is 12.0 Å². The number of benzene rings is 1. The molecule has 0 aliphatic rings. The van der Waals surface area contributed by atoms with Crippen LogP contribution in [0.15, 0.2) is 47.5 Å². The second-order valence-electron chi connectivity index (χ2n) is 5.19. The Labute approximate surface area is 138 Å². The molecule has 1 aromatic carbocycles. The van der Waals surface area contributed by atoms with Gasteiger partial charge in [0, 0.05) is 37.7 Å². The summed E-state index contributed by atoms with van der Waals surface area (Å²) in [4.78, 5) is 19.9. The molecule has 0 aliphatic carbocycles. The molecule has 0 spiro atoms. The Bertz CT molecular complexity index is 780. The summed E-state index contributed by atoms with van der Waals surface area (Å²) >= 11 is 0. The zero-order valence-electron chi connectivity index (χ0n) is 12.9. The fourth-order valence-corrected chi connectivity index (χ4v) is 2.14. The van der Waals surface area contributed by atoms with Gasteiger partial charge in [-0.3, -0.25) is 4.79 Å². The fourth-order valence-electron chi connectivity index (χ4n) is 2.14. The van der Waals surface area contributed by atoms with Crippen LogP contribution in [-0.4, -0.2) is 43.9 Å². The van der Waals surface area contributed by atoms with E-state index in [9.17, 15) is 4.79 Å². The Morgan fingerprint density at radius 3 is 2.83 bits per heavy atom. The number of aromatic nitrogens is 4. The van der Waals surface area contributed by atoms with Crippen LogP contribution in [0.25, 0.3) is 11.4 Å². The lowest BCUT2D eigenvalue weighted by atomic mass is 10.1. The largest absolute Gasteiger partial charge is 0.396 e. The van der Waals surface area contributed by atoms with Crippen molar-refractivity contribution in [2.24, 2.45) is 0 Å². The average Bonchev–Trinajstić information content (AvgIpc) is 3.27. The van der Waals surface area contributed by atoms with Crippen LogP contribution in [0.5, 0.6) is 0 Å². The molecular formula is C16H17N5O3. The summed E-state index contributed by atoms with van der Waals surface area (Å²) in [5, 5.41) is 15.1. The monoisotopic (exact) mass is 327 g/mol. The second-order valence-corrected chi connectivity index (χ2v) is 5.19. The van der Waals surface area contributed by atoms with Crippen LogP contribution in [0.3, 0.4) is 0 Å². The summed E-state index contributed by atoms with van der Waals surface area (Å²) in [5.74, 6) is -0.180. The van der Waals surface area contributed by atoms with Crippen LogP contribution in [0.4, 0.5) is 0 Å². The number of amides is 1. The zero-order valence-corrected chi connectivity index (χ0v) is 12.9. The van der Waals surface area contributed by atoms with Crippen molar-refractivity contribution in [3.8, 4) is 11.4 Å². The first-order chi connectivity index (χ1) is 11.8. The Morgan fingerprint density at radius 2 is 2.12 bits per heavy atom. The standard InChI is InChI=1S/C16H17N5O3/c22-9-1-6-18-15(23)16-19-14(20-24-16)13-4-2-12(3-5-13)10-21-8-7-17-11-21/h2-5,7-8,11,22H,1,6,9-10H2,(H,18,23). The number of nitrogens with one attached hydrogen (secondary N) is 1. The SMILES string of the molecule is O=C(NCCCO)c1nc(-c2ccc(Cn3ccnc3)cc2)no1. The molecule has 0 fully saturated rings. The molecule has 2 aromatic heterocycles. The lowest BCUT2D eigenvalue weighted by Gasteiger charge is -2.03. The highest BCUT2D eigenvalue weighted by Crippen LogP contribution is 2.17. The first-order valence-electron chi connectivity index (χ1n) is 7.54. The molecule has 3 aromatic rings. The van der Waals surface area contributed by atoms with Gasteiger partial charge < -0.3 is 19.5 Å². The van der Waals surface area contributed by atoms with E-state index in [0.29, 0.717) is 18.8 Å². The van der Waals surface area contributed by atoms with Gasteiger partial charge in [0.1, 0.15) is 0 Å². The summed E-state index contributed by atoms with van der Waals surface area (Å²) in [7, 11) is 0. The molecule has 1 amide bonds. The Kier molecular flexibility index (Phi) is 4.97. The number of aliphatic hydroxyl groups excluding tert-OH is 1. The molecule has 0 atom stereocenters. The zero-order chi connectivity index (χ0) is 16.8. The van der Waals surface area contributed by atoms with Crippen LogP contribution in [0.1, 0.15) is 22.7 Å². The quantitative estimate of drug-likeness (QED) is 0.629. The van der Waals surface area contributed by atoms with Gasteiger partial charge in [0.2, 0.25) is 5.82 Å². The highest BCUT2D eigenvalue weighted by atomic mass is 16.5. The number of hydrogen-bond acceptors (Lipinski definition) is 6. The summed E-state index contributed by atoms with van der Waals surface area (Å²) in [6, 6.07) is 7.69. The number of carbonyl (C=O) groups excluding carboxylic acids is 1. The van der Waals surface area contributed by atoms with Crippen molar-refractivity contribution in [2.45, 2.75) is 13.0 Å². The van der Waals surface area contributed by atoms with E-state index in [2.05, 4.69) is 20.4 Å². The normalized spacial score (nSPS) is 10.7. The fraction of sp³-hybridized carbons (Fsp3) is 0.250. The van der Waals surface area contributed by atoms with Gasteiger partial charge in [0.25, 0.3) is 0 Å². The minimum atomic E-state index is -0.445. The number of nitrogens with zero attached hydrogens (tertiary/aromatic N) is 4. The maximum atomic E-state index is 11.8. The van der Waals surface area contributed by atoms with Crippen molar-refractivity contribution in [3.05, 3.63) is 54.4 Å². The maximum Gasteiger partial charge on any atom is 0.316 e. The second kappa shape index (κ2) is 7.51. The van der Waals surface area contributed by atoms with Gasteiger partial charge in [-0.1, -0.05) is 29.4 Å². The Hall–Kier alpha value is -3.00. The molecule has 0 radical (unpaired) electrons. The van der Waals surface area contributed by atoms with Gasteiger partial charge >= 0.3 is 11.8 Å². The highest BCUT2D eigenvalue weighted by molar-refractivity contribution is 5.89. The number of carbonyl (C=O) groups is 1. The van der Waals surface area contributed by atoms with Gasteiger partial charge in [-0.2, -0.15) is 4.98 Å². The van der Waals surface area contributed by atoms with Gasteiger partial charge in [0.05, 0.1) is 6.33 Å². The average molecular weight is 327 g/mol. The van der Waals surface area contributed by atoms with E-state index in [0.717, 1.165) is 17.7 Å². The summed E-state index contributed by atoms with van der Waals surface area (Å²) in [6.45, 7) is 1.10. The topological polar surface area (TPSA) is 106 Å². The van der Waals surface area contributed by atoms with Gasteiger partial charge in [-0.25, -0.2) is 4.98 Å². The van der Waals surface area contributed by atoms with Crippen molar-refractivity contribution in [1.82, 2.24) is 25.0 Å². The minimum absolute atomic E-state index is 0.0147. The van der Waals surface area contributed by atoms with E-state index in [-0.39, 0.29) is 12.5 Å². The van der Waals surface area contributed by atoms with Crippen LogP contribution < -0.4 is 5.32 Å². The maximum absolute atomic E-state index is 11.8.